The number of benzene rings is 1. The molecule has 136 valence electrons. The molecule has 0 spiro atoms. The van der Waals surface area contributed by atoms with Crippen LogP contribution in [0.3, 0.4) is 0 Å². The molecular formula is C15H22O7S2. The number of hydrogen-bond donors (Lipinski definition) is 1. The summed E-state index contributed by atoms with van der Waals surface area (Å²) in [6.45, 7) is 0.927. The summed E-state index contributed by atoms with van der Waals surface area (Å²) in [6.07, 6.45) is -0.372. The van der Waals surface area contributed by atoms with Gasteiger partial charge in [-0.1, -0.05) is 6.07 Å². The van der Waals surface area contributed by atoms with Gasteiger partial charge in [0.15, 0.2) is 31.2 Å². The Bertz CT molecular complexity index is 814. The van der Waals surface area contributed by atoms with Gasteiger partial charge in [0.1, 0.15) is 0 Å². The van der Waals surface area contributed by atoms with Crippen LogP contribution in [-0.4, -0.2) is 53.8 Å². The van der Waals surface area contributed by atoms with E-state index in [4.69, 9.17) is 9.47 Å². The molecule has 0 saturated carbocycles. The SMILES string of the molecule is COc1ccc(C2(CCO)S(=O)(=O)CCC(C)S2(=O)=O)cc1OC. The quantitative estimate of drug-likeness (QED) is 0.810. The molecule has 0 amide bonds. The van der Waals surface area contributed by atoms with Crippen LogP contribution in [0.5, 0.6) is 11.5 Å². The van der Waals surface area contributed by atoms with Crippen molar-refractivity contribution in [2.75, 3.05) is 26.6 Å². The second kappa shape index (κ2) is 6.53. The standard InChI is InChI=1S/C15H22O7S2/c1-11-6-9-23(17,18)15(7-8-16,24(11,19)20)12-4-5-13(21-2)14(10-12)22-3/h4-5,10-11,16H,6-9H2,1-3H3. The van der Waals surface area contributed by atoms with Crippen LogP contribution in [0.15, 0.2) is 18.2 Å². The minimum atomic E-state index is -4.08. The van der Waals surface area contributed by atoms with Crippen molar-refractivity contribution in [2.45, 2.75) is 29.1 Å². The van der Waals surface area contributed by atoms with Crippen molar-refractivity contribution in [3.63, 3.8) is 0 Å². The first kappa shape index (κ1) is 19.0. The lowest BCUT2D eigenvalue weighted by atomic mass is 10.1. The number of aliphatic hydroxyl groups excluding tert-OH is 1. The van der Waals surface area contributed by atoms with E-state index in [0.717, 1.165) is 0 Å². The van der Waals surface area contributed by atoms with Crippen molar-refractivity contribution in [1.29, 1.82) is 0 Å². The van der Waals surface area contributed by atoms with Gasteiger partial charge in [0.05, 0.1) is 25.2 Å². The lowest BCUT2D eigenvalue weighted by Gasteiger charge is -2.39. The molecule has 0 bridgehead atoms. The van der Waals surface area contributed by atoms with E-state index in [2.05, 4.69) is 0 Å². The van der Waals surface area contributed by atoms with E-state index in [-0.39, 0.29) is 23.5 Å². The highest BCUT2D eigenvalue weighted by molar-refractivity contribution is 8.10. The van der Waals surface area contributed by atoms with Crippen molar-refractivity contribution in [3.8, 4) is 11.5 Å². The van der Waals surface area contributed by atoms with E-state index in [1.54, 1.807) is 0 Å². The summed E-state index contributed by atoms with van der Waals surface area (Å²) in [5.41, 5.74) is 0.0701. The number of aliphatic hydroxyl groups is 1. The van der Waals surface area contributed by atoms with E-state index in [1.165, 1.54) is 39.3 Å². The zero-order chi connectivity index (χ0) is 18.2. The second-order valence-corrected chi connectivity index (χ2v) is 10.9. The predicted molar refractivity (Wildman–Crippen MR) is 89.7 cm³/mol. The average molecular weight is 378 g/mol. The average Bonchev–Trinajstić information content (AvgIpc) is 2.55. The molecule has 1 fully saturated rings. The molecule has 0 radical (unpaired) electrons. The Balaban J connectivity index is 2.84. The molecule has 2 rings (SSSR count). The lowest BCUT2D eigenvalue weighted by molar-refractivity contribution is 0.277. The summed E-state index contributed by atoms with van der Waals surface area (Å²) in [5.74, 6) is 0.344. The van der Waals surface area contributed by atoms with Crippen molar-refractivity contribution in [2.24, 2.45) is 0 Å². The molecule has 0 aliphatic carbocycles. The summed E-state index contributed by atoms with van der Waals surface area (Å²) >= 11 is 0. The van der Waals surface area contributed by atoms with E-state index in [0.29, 0.717) is 5.75 Å². The van der Waals surface area contributed by atoms with E-state index in [9.17, 15) is 21.9 Å². The van der Waals surface area contributed by atoms with Crippen LogP contribution in [0.2, 0.25) is 0 Å². The highest BCUT2D eigenvalue weighted by Crippen LogP contribution is 2.48. The zero-order valence-electron chi connectivity index (χ0n) is 13.9. The highest BCUT2D eigenvalue weighted by Gasteiger charge is 2.60. The molecule has 1 aromatic carbocycles. The van der Waals surface area contributed by atoms with Crippen molar-refractivity contribution in [3.05, 3.63) is 23.8 Å². The predicted octanol–water partition coefficient (Wildman–Crippen LogP) is 0.861. The van der Waals surface area contributed by atoms with Crippen LogP contribution < -0.4 is 9.47 Å². The third-order valence-electron chi connectivity index (χ3n) is 4.55. The fraction of sp³-hybridized carbons (Fsp3) is 0.600. The number of ether oxygens (including phenoxy) is 2. The fourth-order valence-corrected chi connectivity index (χ4v) is 9.25. The van der Waals surface area contributed by atoms with E-state index < -0.39 is 42.0 Å². The van der Waals surface area contributed by atoms with Gasteiger partial charge in [0.25, 0.3) is 0 Å². The second-order valence-electron chi connectivity index (χ2n) is 5.76. The number of rotatable bonds is 5. The van der Waals surface area contributed by atoms with Crippen LogP contribution in [0.25, 0.3) is 0 Å². The van der Waals surface area contributed by atoms with Gasteiger partial charge < -0.3 is 14.6 Å². The van der Waals surface area contributed by atoms with Crippen molar-refractivity contribution < 1.29 is 31.4 Å². The van der Waals surface area contributed by atoms with Gasteiger partial charge in [0.2, 0.25) is 4.08 Å². The molecule has 24 heavy (non-hydrogen) atoms. The van der Waals surface area contributed by atoms with Crippen LogP contribution in [0.1, 0.15) is 25.3 Å². The maximum atomic E-state index is 13.0. The number of hydrogen-bond acceptors (Lipinski definition) is 7. The molecular weight excluding hydrogens is 356 g/mol. The van der Waals surface area contributed by atoms with Gasteiger partial charge in [0, 0.05) is 13.0 Å². The summed E-state index contributed by atoms with van der Waals surface area (Å²) in [4.78, 5) is 0. The zero-order valence-corrected chi connectivity index (χ0v) is 15.5. The van der Waals surface area contributed by atoms with Gasteiger partial charge in [-0.15, -0.1) is 0 Å². The minimum Gasteiger partial charge on any atom is -0.493 e. The summed E-state index contributed by atoms with van der Waals surface area (Å²) in [6, 6.07) is 4.24. The minimum absolute atomic E-state index is 0.0468. The molecule has 1 aliphatic heterocycles. The highest BCUT2D eigenvalue weighted by atomic mass is 32.3. The van der Waals surface area contributed by atoms with Crippen molar-refractivity contribution >= 4 is 19.7 Å². The third-order valence-corrected chi connectivity index (χ3v) is 10.9. The Morgan fingerprint density at radius 2 is 1.79 bits per heavy atom. The van der Waals surface area contributed by atoms with Crippen molar-refractivity contribution in [1.82, 2.24) is 0 Å². The first-order valence-electron chi connectivity index (χ1n) is 7.47. The van der Waals surface area contributed by atoms with Crippen LogP contribution in [0.4, 0.5) is 0 Å². The van der Waals surface area contributed by atoms with Crippen LogP contribution >= 0.6 is 0 Å². The van der Waals surface area contributed by atoms with Gasteiger partial charge in [-0.3, -0.25) is 0 Å². The Kier molecular flexibility index (Phi) is 5.17. The van der Waals surface area contributed by atoms with Crippen LogP contribution in [0, 0.1) is 0 Å². The van der Waals surface area contributed by atoms with Gasteiger partial charge in [-0.05, 0) is 31.0 Å². The van der Waals surface area contributed by atoms with Gasteiger partial charge in [-0.2, -0.15) is 0 Å². The smallest absolute Gasteiger partial charge is 0.200 e. The van der Waals surface area contributed by atoms with E-state index in [1.807, 2.05) is 0 Å². The largest absolute Gasteiger partial charge is 0.493 e. The maximum absolute atomic E-state index is 13.0. The fourth-order valence-electron chi connectivity index (χ4n) is 3.15. The van der Waals surface area contributed by atoms with Gasteiger partial charge in [-0.25, -0.2) is 16.8 Å². The molecule has 1 heterocycles. The normalized spacial score (nSPS) is 28.2. The summed E-state index contributed by atoms with van der Waals surface area (Å²) in [7, 11) is -5.30. The van der Waals surface area contributed by atoms with Crippen LogP contribution in [-0.2, 0) is 23.8 Å². The Morgan fingerprint density at radius 3 is 2.33 bits per heavy atom. The number of methoxy groups -OCH3 is 2. The molecule has 7 nitrogen and oxygen atoms in total. The Hall–Kier alpha value is -1.32. The lowest BCUT2D eigenvalue weighted by Crippen LogP contribution is -2.53. The summed E-state index contributed by atoms with van der Waals surface area (Å²) in [5, 5.41) is 8.62. The molecule has 2 unspecified atom stereocenters. The monoisotopic (exact) mass is 378 g/mol. The molecule has 2 atom stereocenters. The molecule has 9 heteroatoms. The first-order valence-corrected chi connectivity index (χ1v) is 10.7. The number of sulfone groups is 2. The molecule has 1 N–H and O–H groups in total. The molecule has 0 aromatic heterocycles. The maximum Gasteiger partial charge on any atom is 0.200 e. The van der Waals surface area contributed by atoms with E-state index >= 15 is 0 Å². The van der Waals surface area contributed by atoms with Gasteiger partial charge >= 0.3 is 0 Å². The molecule has 1 aromatic rings. The Morgan fingerprint density at radius 1 is 1.17 bits per heavy atom. The summed E-state index contributed by atoms with van der Waals surface area (Å²) < 4.78 is 59.9. The topological polar surface area (TPSA) is 107 Å². The molecule has 1 saturated heterocycles. The molecule has 1 aliphatic rings. The Labute approximate surface area is 142 Å². The third kappa shape index (κ3) is 2.58. The first-order chi connectivity index (χ1) is 11.2.